The molecule has 0 bridgehead atoms. The zero-order valence-electron chi connectivity index (χ0n) is 11.2. The first-order valence-electron chi connectivity index (χ1n) is 6.49. The van der Waals surface area contributed by atoms with Gasteiger partial charge in [-0.2, -0.15) is 0 Å². The number of pyridine rings is 1. The van der Waals surface area contributed by atoms with Gasteiger partial charge in [0.15, 0.2) is 0 Å². The molecule has 0 saturated carbocycles. The van der Waals surface area contributed by atoms with Gasteiger partial charge in [-0.05, 0) is 42.3 Å². The van der Waals surface area contributed by atoms with Gasteiger partial charge in [0.05, 0.1) is 5.02 Å². The van der Waals surface area contributed by atoms with Gasteiger partial charge in [-0.25, -0.2) is 9.37 Å². The average molecular weight is 294 g/mol. The molecule has 5 heteroatoms. The minimum Gasteiger partial charge on any atom is -0.383 e. The van der Waals surface area contributed by atoms with Crippen LogP contribution in [0.3, 0.4) is 0 Å². The van der Waals surface area contributed by atoms with E-state index in [1.54, 1.807) is 18.3 Å². The summed E-state index contributed by atoms with van der Waals surface area (Å²) in [4.78, 5) is 4.08. The fraction of sp³-hybridized carbons (Fsp3) is 0.267. The summed E-state index contributed by atoms with van der Waals surface area (Å²) in [6.07, 6.45) is 2.34. The Hall–Kier alpha value is -1.65. The van der Waals surface area contributed by atoms with E-state index >= 15 is 0 Å². The van der Waals surface area contributed by atoms with Gasteiger partial charge in [0.1, 0.15) is 11.6 Å². The van der Waals surface area contributed by atoms with Crippen molar-refractivity contribution in [1.82, 2.24) is 10.3 Å². The van der Waals surface area contributed by atoms with Crippen molar-refractivity contribution in [3.8, 4) is 0 Å². The molecule has 0 aliphatic rings. The Morgan fingerprint density at radius 2 is 2.20 bits per heavy atom. The van der Waals surface area contributed by atoms with Gasteiger partial charge < -0.3 is 11.1 Å². The molecule has 3 N–H and O–H groups in total. The molecule has 0 fully saturated rings. The number of hydrogen-bond donors (Lipinski definition) is 2. The molecular weight excluding hydrogens is 277 g/mol. The summed E-state index contributed by atoms with van der Waals surface area (Å²) in [6.45, 7) is 2.81. The Morgan fingerprint density at radius 3 is 2.85 bits per heavy atom. The van der Waals surface area contributed by atoms with E-state index in [1.807, 2.05) is 19.1 Å². The molecule has 1 unspecified atom stereocenters. The highest BCUT2D eigenvalue weighted by molar-refractivity contribution is 6.30. The van der Waals surface area contributed by atoms with Crippen molar-refractivity contribution < 1.29 is 4.39 Å². The maximum absolute atomic E-state index is 13.3. The fourth-order valence-corrected chi connectivity index (χ4v) is 2.32. The molecule has 3 nitrogen and oxygen atoms in total. The minimum absolute atomic E-state index is 0.0181. The first-order valence-corrected chi connectivity index (χ1v) is 6.87. The van der Waals surface area contributed by atoms with Crippen LogP contribution in [-0.2, 0) is 6.42 Å². The topological polar surface area (TPSA) is 50.9 Å². The molecule has 0 amide bonds. The van der Waals surface area contributed by atoms with Crippen molar-refractivity contribution in [2.75, 3.05) is 12.3 Å². The van der Waals surface area contributed by atoms with Crippen molar-refractivity contribution in [1.29, 1.82) is 0 Å². The van der Waals surface area contributed by atoms with E-state index in [0.29, 0.717) is 12.2 Å². The second-order valence-electron chi connectivity index (χ2n) is 4.54. The van der Waals surface area contributed by atoms with Crippen LogP contribution in [0, 0.1) is 5.82 Å². The average Bonchev–Trinajstić information content (AvgIpc) is 2.44. The zero-order valence-corrected chi connectivity index (χ0v) is 12.0. The third-order valence-corrected chi connectivity index (χ3v) is 3.44. The molecule has 1 aromatic carbocycles. The SMILES string of the molecule is CCNC(Cc1cccnc1N)c1ccc(F)c(Cl)c1. The number of rotatable bonds is 5. The van der Waals surface area contributed by atoms with Crippen molar-refractivity contribution in [3.63, 3.8) is 0 Å². The lowest BCUT2D eigenvalue weighted by molar-refractivity contribution is 0.547. The van der Waals surface area contributed by atoms with Crippen LogP contribution in [-0.4, -0.2) is 11.5 Å². The maximum Gasteiger partial charge on any atom is 0.141 e. The van der Waals surface area contributed by atoms with Crippen LogP contribution in [0.2, 0.25) is 5.02 Å². The van der Waals surface area contributed by atoms with E-state index in [2.05, 4.69) is 10.3 Å². The number of halogens is 2. The van der Waals surface area contributed by atoms with E-state index < -0.39 is 5.82 Å². The van der Waals surface area contributed by atoms with Gasteiger partial charge in [-0.15, -0.1) is 0 Å². The molecule has 0 spiro atoms. The standard InChI is InChI=1S/C15H17ClFN3/c1-2-19-14(9-11-4-3-7-20-15(11)18)10-5-6-13(17)12(16)8-10/h3-8,14,19H,2,9H2,1H3,(H2,18,20). The monoisotopic (exact) mass is 293 g/mol. The second kappa shape index (κ2) is 6.68. The van der Waals surface area contributed by atoms with Crippen molar-refractivity contribution in [2.24, 2.45) is 0 Å². The van der Waals surface area contributed by atoms with Crippen LogP contribution in [0.5, 0.6) is 0 Å². The molecular formula is C15H17ClFN3. The smallest absolute Gasteiger partial charge is 0.141 e. The van der Waals surface area contributed by atoms with E-state index in [4.69, 9.17) is 17.3 Å². The highest BCUT2D eigenvalue weighted by Gasteiger charge is 2.14. The molecule has 2 aromatic rings. The Morgan fingerprint density at radius 1 is 1.40 bits per heavy atom. The number of benzene rings is 1. The second-order valence-corrected chi connectivity index (χ2v) is 4.94. The van der Waals surface area contributed by atoms with Crippen LogP contribution >= 0.6 is 11.6 Å². The van der Waals surface area contributed by atoms with Crippen molar-refractivity contribution >= 4 is 17.4 Å². The lowest BCUT2D eigenvalue weighted by atomic mass is 9.99. The third kappa shape index (κ3) is 3.46. The van der Waals surface area contributed by atoms with Crippen molar-refractivity contribution in [2.45, 2.75) is 19.4 Å². The number of nitrogens with zero attached hydrogens (tertiary/aromatic N) is 1. The summed E-state index contributed by atoms with van der Waals surface area (Å²) < 4.78 is 13.3. The van der Waals surface area contributed by atoms with Crippen molar-refractivity contribution in [3.05, 3.63) is 58.5 Å². The Balaban J connectivity index is 2.27. The summed E-state index contributed by atoms with van der Waals surface area (Å²) in [5.74, 6) is 0.107. The predicted octanol–water partition coefficient (Wildman–Crippen LogP) is 3.35. The quantitative estimate of drug-likeness (QED) is 0.889. The Labute approximate surface area is 123 Å². The summed E-state index contributed by atoms with van der Waals surface area (Å²) in [6, 6.07) is 8.58. The number of nitrogens with one attached hydrogen (secondary N) is 1. The van der Waals surface area contributed by atoms with E-state index in [0.717, 1.165) is 17.7 Å². The van der Waals surface area contributed by atoms with Crippen LogP contribution in [0.15, 0.2) is 36.5 Å². The van der Waals surface area contributed by atoms with Crippen LogP contribution in [0.4, 0.5) is 10.2 Å². The Bertz CT molecular complexity index is 589. The third-order valence-electron chi connectivity index (χ3n) is 3.15. The predicted molar refractivity (Wildman–Crippen MR) is 80.2 cm³/mol. The first-order chi connectivity index (χ1) is 9.61. The highest BCUT2D eigenvalue weighted by atomic mass is 35.5. The van der Waals surface area contributed by atoms with Crippen LogP contribution in [0.1, 0.15) is 24.1 Å². The van der Waals surface area contributed by atoms with Crippen LogP contribution < -0.4 is 11.1 Å². The largest absolute Gasteiger partial charge is 0.383 e. The first kappa shape index (κ1) is 14.8. The molecule has 0 saturated heterocycles. The van der Waals surface area contributed by atoms with E-state index in [1.165, 1.54) is 6.07 Å². The summed E-state index contributed by atoms with van der Waals surface area (Å²) in [7, 11) is 0. The zero-order chi connectivity index (χ0) is 14.5. The van der Waals surface area contributed by atoms with Gasteiger partial charge >= 0.3 is 0 Å². The summed E-state index contributed by atoms with van der Waals surface area (Å²) in [5.41, 5.74) is 7.76. The van der Waals surface area contributed by atoms with E-state index in [9.17, 15) is 4.39 Å². The highest BCUT2D eigenvalue weighted by Crippen LogP contribution is 2.24. The molecule has 0 radical (unpaired) electrons. The van der Waals surface area contributed by atoms with Gasteiger partial charge in [0.25, 0.3) is 0 Å². The van der Waals surface area contributed by atoms with E-state index in [-0.39, 0.29) is 11.1 Å². The van der Waals surface area contributed by atoms with Gasteiger partial charge in [-0.3, -0.25) is 0 Å². The molecule has 2 rings (SSSR count). The van der Waals surface area contributed by atoms with Crippen LogP contribution in [0.25, 0.3) is 0 Å². The fourth-order valence-electron chi connectivity index (χ4n) is 2.13. The molecule has 106 valence electrons. The lowest BCUT2D eigenvalue weighted by Crippen LogP contribution is -2.23. The molecule has 0 aliphatic heterocycles. The molecule has 0 aliphatic carbocycles. The molecule has 1 atom stereocenters. The molecule has 1 aromatic heterocycles. The molecule has 20 heavy (non-hydrogen) atoms. The summed E-state index contributed by atoms with van der Waals surface area (Å²) >= 11 is 5.85. The number of hydrogen-bond acceptors (Lipinski definition) is 3. The number of likely N-dealkylation sites (N-methyl/N-ethyl adjacent to an activating group) is 1. The van der Waals surface area contributed by atoms with Gasteiger partial charge in [0, 0.05) is 12.2 Å². The number of aromatic nitrogens is 1. The maximum atomic E-state index is 13.3. The number of nitrogen functional groups attached to an aromatic ring is 1. The number of anilines is 1. The molecule has 1 heterocycles. The lowest BCUT2D eigenvalue weighted by Gasteiger charge is -2.19. The minimum atomic E-state index is -0.411. The summed E-state index contributed by atoms with van der Waals surface area (Å²) in [5, 5.41) is 3.49. The Kier molecular flexibility index (Phi) is 4.93. The van der Waals surface area contributed by atoms with Gasteiger partial charge in [-0.1, -0.05) is 30.7 Å². The van der Waals surface area contributed by atoms with Gasteiger partial charge in [0.2, 0.25) is 0 Å². The number of nitrogens with two attached hydrogens (primary N) is 1. The normalized spacial score (nSPS) is 12.3.